The van der Waals surface area contributed by atoms with E-state index in [1.54, 1.807) is 6.08 Å². The number of carbonyl (C=O) groups is 1. The Hall–Kier alpha value is -2.13. The van der Waals surface area contributed by atoms with E-state index in [0.29, 0.717) is 22.1 Å². The van der Waals surface area contributed by atoms with E-state index in [1.165, 1.54) is 6.20 Å². The molecule has 0 bridgehead atoms. The summed E-state index contributed by atoms with van der Waals surface area (Å²) in [7, 11) is -3.44. The smallest absolute Gasteiger partial charge is 0.311 e. The number of pyridine rings is 1. The third-order valence-electron chi connectivity index (χ3n) is 3.23. The van der Waals surface area contributed by atoms with Gasteiger partial charge in [0.15, 0.2) is 5.82 Å². The molecule has 9 heteroatoms. The Morgan fingerprint density at radius 3 is 2.91 bits per heavy atom. The van der Waals surface area contributed by atoms with Crippen LogP contribution in [0.15, 0.2) is 46.7 Å². The second-order valence-corrected chi connectivity index (χ2v) is 7.53. The van der Waals surface area contributed by atoms with Gasteiger partial charge in [0.2, 0.25) is 10.0 Å². The third-order valence-corrected chi connectivity index (χ3v) is 5.09. The summed E-state index contributed by atoms with van der Waals surface area (Å²) < 4.78 is 26.4. The number of aromatic nitrogens is 1. The van der Waals surface area contributed by atoms with Gasteiger partial charge < -0.3 is 5.32 Å². The van der Waals surface area contributed by atoms with Crippen LogP contribution in [0.4, 0.5) is 16.3 Å². The van der Waals surface area contributed by atoms with Crippen LogP contribution < -0.4 is 15.4 Å². The maximum atomic E-state index is 12.1. The van der Waals surface area contributed by atoms with Gasteiger partial charge >= 0.3 is 6.03 Å². The van der Waals surface area contributed by atoms with E-state index >= 15 is 0 Å². The van der Waals surface area contributed by atoms with Crippen molar-refractivity contribution in [2.45, 2.75) is 12.2 Å². The van der Waals surface area contributed by atoms with E-state index in [9.17, 15) is 13.2 Å². The highest BCUT2D eigenvalue weighted by molar-refractivity contribution is 9.10. The van der Waals surface area contributed by atoms with Crippen LogP contribution in [0.2, 0.25) is 0 Å². The van der Waals surface area contributed by atoms with Crippen LogP contribution in [-0.2, 0) is 15.8 Å². The second kappa shape index (κ2) is 6.17. The van der Waals surface area contributed by atoms with Crippen molar-refractivity contribution in [2.24, 2.45) is 0 Å². The Kier molecular flexibility index (Phi) is 4.22. The van der Waals surface area contributed by atoms with Crippen molar-refractivity contribution in [2.75, 3.05) is 10.0 Å². The number of nitrogens with one attached hydrogen (secondary N) is 3. The molecule has 7 nitrogen and oxygen atoms in total. The molecule has 0 saturated heterocycles. The molecule has 3 rings (SSSR count). The number of halogens is 1. The monoisotopic (exact) mass is 396 g/mol. The van der Waals surface area contributed by atoms with E-state index in [4.69, 9.17) is 0 Å². The Bertz CT molecular complexity index is 859. The predicted molar refractivity (Wildman–Crippen MR) is 91.3 cm³/mol. The molecule has 0 radical (unpaired) electrons. The van der Waals surface area contributed by atoms with Gasteiger partial charge in [-0.05, 0) is 22.0 Å². The zero-order chi connectivity index (χ0) is 16.4. The minimum absolute atomic E-state index is 0.150. The zero-order valence-corrected chi connectivity index (χ0v) is 14.2. The standard InChI is InChI=1S/C14H13BrN4O3S/c15-11-7-16-13(12-10(11)8-23(21,22)19-12)18-14(20)17-9-5-3-1-2-4-6-9/h1-5,7,19H,6,8H2,(H2,16,17,18,20). The van der Waals surface area contributed by atoms with Gasteiger partial charge in [0.1, 0.15) is 0 Å². The van der Waals surface area contributed by atoms with Crippen molar-refractivity contribution in [3.05, 3.63) is 52.3 Å². The van der Waals surface area contributed by atoms with Gasteiger partial charge in [0, 0.05) is 28.4 Å². The number of anilines is 2. The summed E-state index contributed by atoms with van der Waals surface area (Å²) in [6.45, 7) is 0. The van der Waals surface area contributed by atoms with Crippen molar-refractivity contribution in [1.29, 1.82) is 0 Å². The fraction of sp³-hybridized carbons (Fsp3) is 0.143. The Labute approximate surface area is 141 Å². The van der Waals surface area contributed by atoms with Gasteiger partial charge in [0.05, 0.1) is 11.4 Å². The van der Waals surface area contributed by atoms with Crippen LogP contribution in [0.1, 0.15) is 12.0 Å². The number of rotatable bonds is 2. The second-order valence-electron chi connectivity index (χ2n) is 4.96. The number of fused-ring (bicyclic) bond motifs is 1. The predicted octanol–water partition coefficient (Wildman–Crippen LogP) is 2.62. The number of allylic oxidation sites excluding steroid dienone is 5. The Balaban J connectivity index is 1.78. The largest absolute Gasteiger partial charge is 0.324 e. The van der Waals surface area contributed by atoms with E-state index in [1.807, 2.05) is 24.3 Å². The van der Waals surface area contributed by atoms with E-state index in [0.717, 1.165) is 5.70 Å². The maximum Gasteiger partial charge on any atom is 0.324 e. The van der Waals surface area contributed by atoms with Gasteiger partial charge in [-0.3, -0.25) is 10.0 Å². The topological polar surface area (TPSA) is 100 Å². The number of sulfonamides is 1. The Morgan fingerprint density at radius 2 is 2.09 bits per heavy atom. The van der Waals surface area contributed by atoms with Crippen molar-refractivity contribution in [3.8, 4) is 0 Å². The van der Waals surface area contributed by atoms with E-state index in [2.05, 4.69) is 36.3 Å². The summed E-state index contributed by atoms with van der Waals surface area (Å²) in [4.78, 5) is 16.2. The van der Waals surface area contributed by atoms with Crippen LogP contribution in [0.25, 0.3) is 0 Å². The lowest BCUT2D eigenvalue weighted by Gasteiger charge is -2.11. The lowest BCUT2D eigenvalue weighted by molar-refractivity contribution is 0.254. The highest BCUT2D eigenvalue weighted by atomic mass is 79.9. The number of hydrogen-bond donors (Lipinski definition) is 3. The molecular weight excluding hydrogens is 384 g/mol. The van der Waals surface area contributed by atoms with Crippen LogP contribution in [0.3, 0.4) is 0 Å². The summed E-state index contributed by atoms with van der Waals surface area (Å²) in [6.07, 6.45) is 11.3. The molecule has 2 amide bonds. The minimum atomic E-state index is -3.44. The van der Waals surface area contributed by atoms with Crippen molar-refractivity contribution >= 4 is 43.5 Å². The number of nitrogens with zero attached hydrogens (tertiary/aromatic N) is 1. The molecule has 0 spiro atoms. The molecule has 1 aliphatic heterocycles. The zero-order valence-electron chi connectivity index (χ0n) is 11.8. The number of urea groups is 1. The lowest BCUT2D eigenvalue weighted by atomic mass is 10.2. The van der Waals surface area contributed by atoms with Gasteiger partial charge in [-0.1, -0.05) is 24.3 Å². The van der Waals surface area contributed by atoms with Gasteiger partial charge in [-0.15, -0.1) is 0 Å². The average Bonchev–Trinajstić information content (AvgIpc) is 2.66. The van der Waals surface area contributed by atoms with Crippen molar-refractivity contribution in [3.63, 3.8) is 0 Å². The molecule has 1 aromatic heterocycles. The maximum absolute atomic E-state index is 12.1. The molecule has 0 aromatic carbocycles. The summed E-state index contributed by atoms with van der Waals surface area (Å²) in [5, 5.41) is 5.29. The highest BCUT2D eigenvalue weighted by Crippen LogP contribution is 2.37. The van der Waals surface area contributed by atoms with Crippen LogP contribution in [-0.4, -0.2) is 19.4 Å². The van der Waals surface area contributed by atoms with Gasteiger partial charge in [0.25, 0.3) is 0 Å². The fourth-order valence-corrected chi connectivity index (χ4v) is 4.12. The fourth-order valence-electron chi connectivity index (χ4n) is 2.21. The average molecular weight is 397 g/mol. The molecule has 3 N–H and O–H groups in total. The molecule has 120 valence electrons. The van der Waals surface area contributed by atoms with Crippen LogP contribution >= 0.6 is 15.9 Å². The first kappa shape index (κ1) is 15.8. The first-order chi connectivity index (χ1) is 10.9. The van der Waals surface area contributed by atoms with Crippen molar-refractivity contribution in [1.82, 2.24) is 10.3 Å². The molecule has 0 atom stereocenters. The Morgan fingerprint density at radius 1 is 1.26 bits per heavy atom. The minimum Gasteiger partial charge on any atom is -0.311 e. The molecular formula is C14H13BrN4O3S. The summed E-state index contributed by atoms with van der Waals surface area (Å²) in [5.41, 5.74) is 1.57. The van der Waals surface area contributed by atoms with Gasteiger partial charge in [-0.25, -0.2) is 18.2 Å². The molecule has 0 saturated carbocycles. The van der Waals surface area contributed by atoms with Crippen LogP contribution in [0, 0.1) is 0 Å². The molecule has 0 fully saturated rings. The molecule has 0 unspecified atom stereocenters. The third kappa shape index (κ3) is 3.62. The number of hydrogen-bond acceptors (Lipinski definition) is 4. The van der Waals surface area contributed by atoms with E-state index in [-0.39, 0.29) is 11.6 Å². The quantitative estimate of drug-likeness (QED) is 0.714. The van der Waals surface area contributed by atoms with Crippen LogP contribution in [0.5, 0.6) is 0 Å². The molecule has 2 aliphatic rings. The number of amides is 2. The normalized spacial score (nSPS) is 17.7. The highest BCUT2D eigenvalue weighted by Gasteiger charge is 2.29. The number of carbonyl (C=O) groups excluding carboxylic acids is 1. The van der Waals surface area contributed by atoms with Gasteiger partial charge in [-0.2, -0.15) is 0 Å². The molecule has 1 aliphatic carbocycles. The SMILES string of the molecule is O=C(NC1=CC=CC=CC1)Nc1ncc(Br)c2c1NS(=O)(=O)C2. The van der Waals surface area contributed by atoms with E-state index < -0.39 is 16.1 Å². The molecule has 23 heavy (non-hydrogen) atoms. The summed E-state index contributed by atoms with van der Waals surface area (Å²) in [6, 6.07) is -0.483. The summed E-state index contributed by atoms with van der Waals surface area (Å²) >= 11 is 3.27. The van der Waals surface area contributed by atoms with Crippen molar-refractivity contribution < 1.29 is 13.2 Å². The lowest BCUT2D eigenvalue weighted by Crippen LogP contribution is -2.28. The molecule has 1 aromatic rings. The first-order valence-electron chi connectivity index (χ1n) is 6.73. The first-order valence-corrected chi connectivity index (χ1v) is 9.17. The molecule has 2 heterocycles. The summed E-state index contributed by atoms with van der Waals surface area (Å²) in [5.74, 6) is 0.0183.